The van der Waals surface area contributed by atoms with Crippen LogP contribution in [0.2, 0.25) is 0 Å². The number of aromatic nitrogens is 4. The lowest BCUT2D eigenvalue weighted by atomic mass is 10.0. The van der Waals surface area contributed by atoms with Gasteiger partial charge in [-0.1, -0.05) is 0 Å². The van der Waals surface area contributed by atoms with E-state index in [1.807, 2.05) is 12.3 Å². The van der Waals surface area contributed by atoms with Gasteiger partial charge in [-0.05, 0) is 25.5 Å². The second-order valence-corrected chi connectivity index (χ2v) is 7.09. The third kappa shape index (κ3) is 3.20. The molecule has 0 bridgehead atoms. The summed E-state index contributed by atoms with van der Waals surface area (Å²) in [5.41, 5.74) is 5.70. The normalized spacial score (nSPS) is 15.0. The molecule has 1 aliphatic rings. The summed E-state index contributed by atoms with van der Waals surface area (Å²) in [5, 5.41) is 3.29. The van der Waals surface area contributed by atoms with Gasteiger partial charge in [0.25, 0.3) is 0 Å². The third-order valence-electron chi connectivity index (χ3n) is 4.36. The molecule has 3 aromatic rings. The Kier molecular flexibility index (Phi) is 4.32. The lowest BCUT2D eigenvalue weighted by Crippen LogP contribution is -2.26. The molecule has 0 fully saturated rings. The van der Waals surface area contributed by atoms with E-state index in [9.17, 15) is 0 Å². The van der Waals surface area contributed by atoms with Gasteiger partial charge in [-0.15, -0.1) is 11.3 Å². The number of hydrogen-bond donors (Lipinski definition) is 0. The Morgan fingerprint density at radius 3 is 2.92 bits per heavy atom. The van der Waals surface area contributed by atoms with E-state index in [1.54, 1.807) is 23.9 Å². The van der Waals surface area contributed by atoms with Crippen LogP contribution in [0.5, 0.6) is 0 Å². The summed E-state index contributed by atoms with van der Waals surface area (Å²) in [5.74, 6) is 0. The smallest absolute Gasteiger partial charge is 0.116 e. The monoisotopic (exact) mass is 337 g/mol. The fourth-order valence-electron chi connectivity index (χ4n) is 3.19. The lowest BCUT2D eigenvalue weighted by Gasteiger charge is -2.18. The Bertz CT molecular complexity index is 830. The van der Waals surface area contributed by atoms with Crippen LogP contribution in [0.4, 0.5) is 0 Å². The predicted octanol–water partition coefficient (Wildman–Crippen LogP) is 2.90. The second-order valence-electron chi connectivity index (χ2n) is 6.02. The Labute approximate surface area is 145 Å². The van der Waals surface area contributed by atoms with Gasteiger partial charge in [0.1, 0.15) is 6.33 Å². The van der Waals surface area contributed by atoms with E-state index < -0.39 is 0 Å². The van der Waals surface area contributed by atoms with Crippen LogP contribution < -0.4 is 0 Å². The van der Waals surface area contributed by atoms with E-state index >= 15 is 0 Å². The highest BCUT2D eigenvalue weighted by atomic mass is 32.1. The first kappa shape index (κ1) is 15.4. The summed E-state index contributed by atoms with van der Waals surface area (Å²) < 4.78 is 0. The Hall–Kier alpha value is -2.18. The average Bonchev–Trinajstić information content (AvgIpc) is 2.91. The highest BCUT2D eigenvalue weighted by Crippen LogP contribution is 2.25. The van der Waals surface area contributed by atoms with E-state index in [-0.39, 0.29) is 0 Å². The summed E-state index contributed by atoms with van der Waals surface area (Å²) in [6.45, 7) is 4.98. The number of nitrogens with zero attached hydrogens (tertiary/aromatic N) is 5. The van der Waals surface area contributed by atoms with Crippen molar-refractivity contribution < 1.29 is 0 Å². The van der Waals surface area contributed by atoms with Gasteiger partial charge in [0.05, 0.1) is 16.4 Å². The molecule has 5 nitrogen and oxygen atoms in total. The number of thiazole rings is 1. The molecular weight excluding hydrogens is 318 g/mol. The minimum Gasteiger partial charge on any atom is -0.297 e. The molecule has 0 aromatic carbocycles. The van der Waals surface area contributed by atoms with Gasteiger partial charge in [0.15, 0.2) is 0 Å². The molecule has 0 spiro atoms. The molecule has 122 valence electrons. The van der Waals surface area contributed by atoms with Crippen molar-refractivity contribution in [1.29, 1.82) is 0 Å². The molecule has 3 aromatic heterocycles. The van der Waals surface area contributed by atoms with E-state index in [1.165, 1.54) is 17.0 Å². The van der Waals surface area contributed by atoms with Crippen molar-refractivity contribution >= 4 is 11.3 Å². The molecule has 6 heteroatoms. The van der Waals surface area contributed by atoms with Crippen LogP contribution in [-0.2, 0) is 19.4 Å². The molecule has 0 amide bonds. The first-order valence-corrected chi connectivity index (χ1v) is 9.04. The van der Waals surface area contributed by atoms with Crippen molar-refractivity contribution in [2.24, 2.45) is 0 Å². The molecule has 0 aliphatic carbocycles. The first-order valence-electron chi connectivity index (χ1n) is 8.16. The van der Waals surface area contributed by atoms with Crippen LogP contribution >= 0.6 is 11.3 Å². The number of aryl methyl sites for hydroxylation is 1. The van der Waals surface area contributed by atoms with E-state index in [4.69, 9.17) is 0 Å². The Balaban J connectivity index is 1.57. The van der Waals surface area contributed by atoms with Gasteiger partial charge in [0.2, 0.25) is 0 Å². The number of fused-ring (bicyclic) bond motifs is 1. The molecule has 0 unspecified atom stereocenters. The summed E-state index contributed by atoms with van der Waals surface area (Å²) in [7, 11) is 0. The maximum Gasteiger partial charge on any atom is 0.116 e. The standard InChI is InChI=1S/C18H19N5S/c1-13-22-15(11-24-13)10-23-7-4-16-17(5-8-23)20-12-21-18(16)14-3-2-6-19-9-14/h2-3,6,9,11-12H,4-5,7-8,10H2,1H3. The summed E-state index contributed by atoms with van der Waals surface area (Å²) in [6, 6.07) is 4.02. The van der Waals surface area contributed by atoms with Crippen LogP contribution in [0, 0.1) is 6.92 Å². The van der Waals surface area contributed by atoms with Crippen LogP contribution in [0.25, 0.3) is 11.3 Å². The lowest BCUT2D eigenvalue weighted by molar-refractivity contribution is 0.276. The first-order chi connectivity index (χ1) is 11.8. The summed E-state index contributed by atoms with van der Waals surface area (Å²) in [4.78, 5) is 20.4. The zero-order valence-corrected chi connectivity index (χ0v) is 14.5. The van der Waals surface area contributed by atoms with Gasteiger partial charge in [-0.2, -0.15) is 0 Å². The molecule has 0 N–H and O–H groups in total. The number of rotatable bonds is 3. The SMILES string of the molecule is Cc1nc(CN2CCc3ncnc(-c4cccnc4)c3CC2)cs1. The minimum absolute atomic E-state index is 0.911. The fourth-order valence-corrected chi connectivity index (χ4v) is 3.80. The molecule has 4 rings (SSSR count). The molecule has 0 saturated carbocycles. The summed E-state index contributed by atoms with van der Waals surface area (Å²) in [6.07, 6.45) is 7.27. The zero-order valence-electron chi connectivity index (χ0n) is 13.6. The molecule has 4 heterocycles. The molecule has 0 radical (unpaired) electrons. The molecule has 1 aliphatic heterocycles. The van der Waals surface area contributed by atoms with Gasteiger partial charge >= 0.3 is 0 Å². The second kappa shape index (κ2) is 6.75. The van der Waals surface area contributed by atoms with Crippen molar-refractivity contribution in [2.45, 2.75) is 26.3 Å². The van der Waals surface area contributed by atoms with E-state index in [2.05, 4.69) is 43.2 Å². The minimum atomic E-state index is 0.911. The predicted molar refractivity (Wildman–Crippen MR) is 94.8 cm³/mol. The third-order valence-corrected chi connectivity index (χ3v) is 5.19. The molecule has 0 atom stereocenters. The highest BCUT2D eigenvalue weighted by Gasteiger charge is 2.19. The van der Waals surface area contributed by atoms with Crippen LogP contribution in [0.1, 0.15) is 22.0 Å². The van der Waals surface area contributed by atoms with Gasteiger partial charge in [0, 0.05) is 60.6 Å². The maximum absolute atomic E-state index is 4.59. The topological polar surface area (TPSA) is 54.8 Å². The van der Waals surface area contributed by atoms with Crippen LogP contribution in [0.15, 0.2) is 36.2 Å². The largest absolute Gasteiger partial charge is 0.297 e. The van der Waals surface area contributed by atoms with Gasteiger partial charge in [-0.3, -0.25) is 9.88 Å². The van der Waals surface area contributed by atoms with Crippen molar-refractivity contribution in [2.75, 3.05) is 13.1 Å². The van der Waals surface area contributed by atoms with Crippen molar-refractivity contribution in [3.8, 4) is 11.3 Å². The van der Waals surface area contributed by atoms with Crippen LogP contribution in [-0.4, -0.2) is 37.9 Å². The maximum atomic E-state index is 4.59. The fraction of sp³-hybridized carbons (Fsp3) is 0.333. The zero-order chi connectivity index (χ0) is 16.4. The van der Waals surface area contributed by atoms with Crippen molar-refractivity contribution in [1.82, 2.24) is 24.8 Å². The number of hydrogen-bond acceptors (Lipinski definition) is 6. The van der Waals surface area contributed by atoms with Crippen molar-refractivity contribution in [3.05, 3.63) is 58.2 Å². The average molecular weight is 337 g/mol. The highest BCUT2D eigenvalue weighted by molar-refractivity contribution is 7.09. The van der Waals surface area contributed by atoms with E-state index in [0.717, 1.165) is 48.7 Å². The van der Waals surface area contributed by atoms with Crippen LogP contribution in [0.3, 0.4) is 0 Å². The van der Waals surface area contributed by atoms with Gasteiger partial charge in [-0.25, -0.2) is 15.0 Å². The van der Waals surface area contributed by atoms with Gasteiger partial charge < -0.3 is 0 Å². The van der Waals surface area contributed by atoms with Crippen molar-refractivity contribution in [3.63, 3.8) is 0 Å². The molecule has 24 heavy (non-hydrogen) atoms. The molecular formula is C18H19N5S. The Morgan fingerprint density at radius 2 is 2.12 bits per heavy atom. The number of pyridine rings is 1. The quantitative estimate of drug-likeness (QED) is 0.735. The summed E-state index contributed by atoms with van der Waals surface area (Å²) >= 11 is 1.72. The molecule has 0 saturated heterocycles. The van der Waals surface area contributed by atoms with E-state index in [0.29, 0.717) is 0 Å². The Morgan fingerprint density at radius 1 is 1.21 bits per heavy atom.